The van der Waals surface area contributed by atoms with Crippen LogP contribution < -0.4 is 5.32 Å². The van der Waals surface area contributed by atoms with Crippen LogP contribution in [-0.2, 0) is 19.6 Å². The molecule has 7 heteroatoms. The van der Waals surface area contributed by atoms with Crippen molar-refractivity contribution in [2.45, 2.75) is 39.9 Å². The highest BCUT2D eigenvalue weighted by Gasteiger charge is 2.05. The maximum Gasteiger partial charge on any atom is 0.152 e. The lowest BCUT2D eigenvalue weighted by atomic mass is 10.5. The van der Waals surface area contributed by atoms with Gasteiger partial charge < -0.3 is 9.88 Å². The van der Waals surface area contributed by atoms with Gasteiger partial charge in [-0.15, -0.1) is 15.3 Å². The van der Waals surface area contributed by atoms with E-state index in [1.165, 1.54) is 0 Å². The first-order chi connectivity index (χ1) is 8.35. The molecule has 92 valence electrons. The molecule has 0 aliphatic rings. The lowest BCUT2D eigenvalue weighted by Gasteiger charge is -2.07. The number of aryl methyl sites for hydroxylation is 2. The molecular weight excluding hydrogens is 218 g/mol. The van der Waals surface area contributed by atoms with Crippen LogP contribution in [0.1, 0.15) is 26.1 Å². The zero-order chi connectivity index (χ0) is 12.1. The zero-order valence-electron chi connectivity index (χ0n) is 10.2. The van der Waals surface area contributed by atoms with Crippen LogP contribution in [0.15, 0.2) is 12.5 Å². The molecule has 0 aliphatic carbocycles. The molecule has 2 aromatic heterocycles. The van der Waals surface area contributed by atoms with Crippen molar-refractivity contribution in [2.24, 2.45) is 0 Å². The maximum atomic E-state index is 4.06. The van der Waals surface area contributed by atoms with Crippen molar-refractivity contribution in [3.8, 4) is 0 Å². The summed E-state index contributed by atoms with van der Waals surface area (Å²) in [6.45, 7) is 6.54. The fraction of sp³-hybridized carbons (Fsp3) is 0.600. The molecule has 0 radical (unpaired) electrons. The van der Waals surface area contributed by atoms with Crippen molar-refractivity contribution in [1.29, 1.82) is 0 Å². The Morgan fingerprint density at radius 1 is 1.29 bits per heavy atom. The summed E-state index contributed by atoms with van der Waals surface area (Å²) in [4.78, 5) is 0. The third kappa shape index (κ3) is 2.61. The second-order valence-corrected chi connectivity index (χ2v) is 3.73. The molecule has 0 aromatic carbocycles. The Bertz CT molecular complexity index is 459. The van der Waals surface area contributed by atoms with E-state index >= 15 is 0 Å². The number of nitrogens with zero attached hydrogens (tertiary/aromatic N) is 6. The van der Waals surface area contributed by atoms with Crippen molar-refractivity contribution in [1.82, 2.24) is 29.8 Å². The van der Waals surface area contributed by atoms with Crippen molar-refractivity contribution in [3.05, 3.63) is 18.3 Å². The Hall–Kier alpha value is -1.92. The van der Waals surface area contributed by atoms with E-state index in [2.05, 4.69) is 39.7 Å². The second-order valence-electron chi connectivity index (χ2n) is 3.73. The standard InChI is InChI=1S/C10H17N7/c1-3-5-17-9(7-12-15-17)11-6-10-14-13-8-16(10)4-2/h7-8,11H,3-6H2,1-2H3. The zero-order valence-corrected chi connectivity index (χ0v) is 10.2. The van der Waals surface area contributed by atoms with E-state index in [1.807, 2.05) is 9.25 Å². The van der Waals surface area contributed by atoms with E-state index in [0.29, 0.717) is 6.54 Å². The highest BCUT2D eigenvalue weighted by Crippen LogP contribution is 2.06. The largest absolute Gasteiger partial charge is 0.362 e. The van der Waals surface area contributed by atoms with Crippen LogP contribution in [0, 0.1) is 0 Å². The lowest BCUT2D eigenvalue weighted by molar-refractivity contribution is 0.581. The predicted octanol–water partition coefficient (Wildman–Crippen LogP) is 0.912. The molecule has 7 nitrogen and oxygen atoms in total. The van der Waals surface area contributed by atoms with E-state index in [9.17, 15) is 0 Å². The number of rotatable bonds is 6. The fourth-order valence-electron chi connectivity index (χ4n) is 1.62. The smallest absolute Gasteiger partial charge is 0.152 e. The summed E-state index contributed by atoms with van der Waals surface area (Å²) in [7, 11) is 0. The first-order valence-electron chi connectivity index (χ1n) is 5.84. The van der Waals surface area contributed by atoms with Gasteiger partial charge in [0.25, 0.3) is 0 Å². The van der Waals surface area contributed by atoms with Crippen LogP contribution in [0.4, 0.5) is 5.82 Å². The molecule has 2 heterocycles. The number of nitrogens with one attached hydrogen (secondary N) is 1. The van der Waals surface area contributed by atoms with Gasteiger partial charge in [-0.05, 0) is 13.3 Å². The van der Waals surface area contributed by atoms with Gasteiger partial charge in [-0.2, -0.15) is 0 Å². The monoisotopic (exact) mass is 235 g/mol. The average molecular weight is 235 g/mol. The Labute approximate surface area is 99.9 Å². The summed E-state index contributed by atoms with van der Waals surface area (Å²) < 4.78 is 3.85. The van der Waals surface area contributed by atoms with Gasteiger partial charge in [-0.3, -0.25) is 0 Å². The molecule has 0 bridgehead atoms. The molecule has 1 N–H and O–H groups in total. The van der Waals surface area contributed by atoms with Gasteiger partial charge in [0.05, 0.1) is 12.7 Å². The SMILES string of the molecule is CCCn1nncc1NCc1nncn1CC. The van der Waals surface area contributed by atoms with E-state index in [4.69, 9.17) is 0 Å². The molecule has 0 atom stereocenters. The summed E-state index contributed by atoms with van der Waals surface area (Å²) in [6, 6.07) is 0. The van der Waals surface area contributed by atoms with Crippen molar-refractivity contribution >= 4 is 5.82 Å². The van der Waals surface area contributed by atoms with Gasteiger partial charge in [0, 0.05) is 13.1 Å². The summed E-state index contributed by atoms with van der Waals surface area (Å²) in [6.07, 6.45) is 4.49. The van der Waals surface area contributed by atoms with Gasteiger partial charge in [-0.25, -0.2) is 4.68 Å². The molecule has 0 saturated heterocycles. The van der Waals surface area contributed by atoms with Gasteiger partial charge >= 0.3 is 0 Å². The first kappa shape index (κ1) is 11.6. The predicted molar refractivity (Wildman–Crippen MR) is 63.3 cm³/mol. The molecule has 0 aliphatic heterocycles. The average Bonchev–Trinajstić information content (AvgIpc) is 2.95. The highest BCUT2D eigenvalue weighted by atomic mass is 15.5. The number of hydrogen-bond acceptors (Lipinski definition) is 5. The Morgan fingerprint density at radius 3 is 2.94 bits per heavy atom. The quantitative estimate of drug-likeness (QED) is 0.805. The van der Waals surface area contributed by atoms with Crippen LogP contribution >= 0.6 is 0 Å². The lowest BCUT2D eigenvalue weighted by Crippen LogP contribution is -2.11. The Morgan fingerprint density at radius 2 is 2.18 bits per heavy atom. The minimum absolute atomic E-state index is 0.630. The van der Waals surface area contributed by atoms with Gasteiger partial charge in [0.2, 0.25) is 0 Å². The molecule has 0 saturated carbocycles. The normalized spacial score (nSPS) is 10.7. The number of aromatic nitrogens is 6. The molecular formula is C10H17N7. The first-order valence-corrected chi connectivity index (χ1v) is 5.84. The summed E-state index contributed by atoms with van der Waals surface area (Å²) in [5, 5.41) is 19.1. The van der Waals surface area contributed by atoms with Crippen LogP contribution in [0.5, 0.6) is 0 Å². The van der Waals surface area contributed by atoms with Crippen molar-refractivity contribution in [2.75, 3.05) is 5.32 Å². The van der Waals surface area contributed by atoms with Gasteiger partial charge in [0.1, 0.15) is 12.1 Å². The van der Waals surface area contributed by atoms with E-state index < -0.39 is 0 Å². The van der Waals surface area contributed by atoms with Crippen molar-refractivity contribution < 1.29 is 0 Å². The molecule has 0 amide bonds. The Kier molecular flexibility index (Phi) is 3.69. The minimum Gasteiger partial charge on any atom is -0.362 e. The topological polar surface area (TPSA) is 73.5 Å². The van der Waals surface area contributed by atoms with Crippen LogP contribution in [0.25, 0.3) is 0 Å². The molecule has 0 spiro atoms. The van der Waals surface area contributed by atoms with E-state index in [1.54, 1.807) is 12.5 Å². The maximum absolute atomic E-state index is 4.06. The summed E-state index contributed by atoms with van der Waals surface area (Å²) in [5.74, 6) is 1.83. The minimum atomic E-state index is 0.630. The molecule has 2 rings (SSSR count). The third-order valence-corrected chi connectivity index (χ3v) is 2.52. The second kappa shape index (κ2) is 5.42. The van der Waals surface area contributed by atoms with Crippen LogP contribution in [0.3, 0.4) is 0 Å². The van der Waals surface area contributed by atoms with Gasteiger partial charge in [0.15, 0.2) is 5.82 Å². The molecule has 17 heavy (non-hydrogen) atoms. The fourth-order valence-corrected chi connectivity index (χ4v) is 1.62. The molecule has 0 fully saturated rings. The van der Waals surface area contributed by atoms with E-state index in [-0.39, 0.29) is 0 Å². The molecule has 2 aromatic rings. The summed E-state index contributed by atoms with van der Waals surface area (Å²) in [5.41, 5.74) is 0. The summed E-state index contributed by atoms with van der Waals surface area (Å²) >= 11 is 0. The number of hydrogen-bond donors (Lipinski definition) is 1. The number of anilines is 1. The Balaban J connectivity index is 1.99. The van der Waals surface area contributed by atoms with Crippen LogP contribution in [0.2, 0.25) is 0 Å². The van der Waals surface area contributed by atoms with Gasteiger partial charge in [-0.1, -0.05) is 12.1 Å². The van der Waals surface area contributed by atoms with Crippen molar-refractivity contribution in [3.63, 3.8) is 0 Å². The van der Waals surface area contributed by atoms with Crippen LogP contribution in [-0.4, -0.2) is 29.8 Å². The highest BCUT2D eigenvalue weighted by molar-refractivity contribution is 5.31. The third-order valence-electron chi connectivity index (χ3n) is 2.52. The van der Waals surface area contributed by atoms with E-state index in [0.717, 1.165) is 31.2 Å². The molecule has 0 unspecified atom stereocenters.